The van der Waals surface area contributed by atoms with Crippen molar-refractivity contribution in [2.75, 3.05) is 13.1 Å². The lowest BCUT2D eigenvalue weighted by molar-refractivity contribution is 0.185. The van der Waals surface area contributed by atoms with Crippen molar-refractivity contribution in [1.82, 2.24) is 10.3 Å². The minimum Gasteiger partial charge on any atom is -0.375 e. The minimum absolute atomic E-state index is 0.111. The molecule has 4 nitrogen and oxygen atoms in total. The van der Waals surface area contributed by atoms with Crippen molar-refractivity contribution in [3.8, 4) is 0 Å². The van der Waals surface area contributed by atoms with Crippen molar-refractivity contribution in [3.05, 3.63) is 35.1 Å². The molecule has 1 aromatic rings. The molecular formula is C15H21FN4S. The molecule has 0 atom stereocenters. The van der Waals surface area contributed by atoms with E-state index in [0.29, 0.717) is 0 Å². The highest BCUT2D eigenvalue weighted by molar-refractivity contribution is 7.80. The highest BCUT2D eigenvalue weighted by Gasteiger charge is 2.16. The first-order chi connectivity index (χ1) is 10.0. The molecule has 3 N–H and O–H groups in total. The van der Waals surface area contributed by atoms with Gasteiger partial charge in [-0.3, -0.25) is 10.3 Å². The van der Waals surface area contributed by atoms with Gasteiger partial charge in [-0.15, -0.1) is 0 Å². The number of likely N-dealkylation sites (tertiary alicyclic amines) is 1. The van der Waals surface area contributed by atoms with Crippen molar-refractivity contribution in [3.63, 3.8) is 0 Å². The van der Waals surface area contributed by atoms with Crippen LogP contribution in [0.15, 0.2) is 23.3 Å². The fourth-order valence-electron chi connectivity index (χ4n) is 2.46. The van der Waals surface area contributed by atoms with E-state index in [-0.39, 0.29) is 10.9 Å². The zero-order chi connectivity index (χ0) is 15.2. The van der Waals surface area contributed by atoms with E-state index in [4.69, 9.17) is 18.0 Å². The molecule has 1 heterocycles. The summed E-state index contributed by atoms with van der Waals surface area (Å²) in [6.45, 7) is 5.12. The third-order valence-corrected chi connectivity index (χ3v) is 3.84. The Morgan fingerprint density at radius 2 is 2.24 bits per heavy atom. The lowest BCUT2D eigenvalue weighted by Crippen LogP contribution is -2.32. The number of hydrogen-bond donors (Lipinski definition) is 2. The van der Waals surface area contributed by atoms with Crippen molar-refractivity contribution < 1.29 is 4.39 Å². The van der Waals surface area contributed by atoms with Gasteiger partial charge in [0, 0.05) is 6.54 Å². The summed E-state index contributed by atoms with van der Waals surface area (Å²) in [5.74, 6) is 0.555. The predicted octanol–water partition coefficient (Wildman–Crippen LogP) is 2.22. The van der Waals surface area contributed by atoms with Crippen LogP contribution in [0.4, 0.5) is 4.39 Å². The molecule has 0 aromatic heterocycles. The summed E-state index contributed by atoms with van der Waals surface area (Å²) in [5, 5.41) is 4.07. The largest absolute Gasteiger partial charge is 0.375 e. The summed E-state index contributed by atoms with van der Waals surface area (Å²) in [6, 6.07) is 4.73. The van der Waals surface area contributed by atoms with Gasteiger partial charge >= 0.3 is 0 Å². The van der Waals surface area contributed by atoms with E-state index in [1.54, 1.807) is 18.3 Å². The van der Waals surface area contributed by atoms with Crippen LogP contribution in [0.1, 0.15) is 30.9 Å². The molecule has 0 radical (unpaired) electrons. The second-order valence-electron chi connectivity index (χ2n) is 5.54. The molecule has 0 aliphatic carbocycles. The molecule has 1 saturated heterocycles. The van der Waals surface area contributed by atoms with Gasteiger partial charge < -0.3 is 5.73 Å². The fraction of sp³-hybridized carbons (Fsp3) is 0.467. The van der Waals surface area contributed by atoms with Crippen LogP contribution in [0.25, 0.3) is 0 Å². The number of piperidine rings is 1. The molecule has 0 saturated carbocycles. The maximum absolute atomic E-state index is 13.5. The summed E-state index contributed by atoms with van der Waals surface area (Å²) < 4.78 is 13.5. The number of hydrogen-bond acceptors (Lipinski definition) is 3. The number of nitrogens with one attached hydrogen (secondary N) is 1. The zero-order valence-corrected chi connectivity index (χ0v) is 13.0. The molecule has 0 spiro atoms. The lowest BCUT2D eigenvalue weighted by atomic mass is 9.98. The van der Waals surface area contributed by atoms with Gasteiger partial charge in [-0.1, -0.05) is 13.0 Å². The second kappa shape index (κ2) is 7.47. The first-order valence-electron chi connectivity index (χ1n) is 7.14. The van der Waals surface area contributed by atoms with Crippen LogP contribution in [0, 0.1) is 11.7 Å². The predicted molar refractivity (Wildman–Crippen MR) is 87.6 cm³/mol. The number of benzene rings is 1. The molecule has 0 amide bonds. The third kappa shape index (κ3) is 5.06. The smallest absolute Gasteiger partial charge is 0.184 e. The highest BCUT2D eigenvalue weighted by Crippen LogP contribution is 2.19. The van der Waals surface area contributed by atoms with E-state index in [2.05, 4.69) is 22.4 Å². The van der Waals surface area contributed by atoms with Crippen molar-refractivity contribution >= 4 is 23.5 Å². The van der Waals surface area contributed by atoms with Crippen LogP contribution in [-0.4, -0.2) is 29.3 Å². The maximum Gasteiger partial charge on any atom is 0.184 e. The number of hydrazone groups is 1. The average molecular weight is 308 g/mol. The Morgan fingerprint density at radius 1 is 1.52 bits per heavy atom. The van der Waals surface area contributed by atoms with Crippen LogP contribution in [0.5, 0.6) is 0 Å². The molecule has 6 heteroatoms. The van der Waals surface area contributed by atoms with E-state index in [1.807, 2.05) is 0 Å². The van der Waals surface area contributed by atoms with E-state index in [0.717, 1.165) is 36.7 Å². The molecule has 1 fully saturated rings. The molecule has 1 aromatic carbocycles. The molecule has 0 unspecified atom stereocenters. The fourth-order valence-corrected chi connectivity index (χ4v) is 2.52. The van der Waals surface area contributed by atoms with Crippen LogP contribution >= 0.6 is 12.2 Å². The Morgan fingerprint density at radius 3 is 2.90 bits per heavy atom. The quantitative estimate of drug-likeness (QED) is 0.509. The van der Waals surface area contributed by atoms with Crippen molar-refractivity contribution in [2.45, 2.75) is 26.3 Å². The summed E-state index contributed by atoms with van der Waals surface area (Å²) in [4.78, 5) is 2.35. The van der Waals surface area contributed by atoms with Crippen LogP contribution in [0.3, 0.4) is 0 Å². The Hall–Kier alpha value is -1.53. The van der Waals surface area contributed by atoms with Gasteiger partial charge in [0.25, 0.3) is 0 Å². The molecule has 2 rings (SSSR count). The Kier molecular flexibility index (Phi) is 5.64. The molecule has 0 bridgehead atoms. The number of nitrogens with zero attached hydrogens (tertiary/aromatic N) is 2. The molecule has 21 heavy (non-hydrogen) atoms. The zero-order valence-electron chi connectivity index (χ0n) is 12.2. The molecule has 1 aliphatic heterocycles. The number of nitrogens with two attached hydrogens (primary N) is 1. The Bertz CT molecular complexity index is 524. The van der Waals surface area contributed by atoms with Gasteiger partial charge in [0.2, 0.25) is 0 Å². The average Bonchev–Trinajstić information content (AvgIpc) is 2.43. The first kappa shape index (κ1) is 15.9. The SMILES string of the molecule is CC1CCN(Cc2cc(F)ccc2C=NNC(N)=S)CC1. The monoisotopic (exact) mass is 308 g/mol. The normalized spacial score (nSPS) is 17.2. The van der Waals surface area contributed by atoms with Crippen molar-refractivity contribution in [2.24, 2.45) is 16.8 Å². The molecule has 1 aliphatic rings. The summed E-state index contributed by atoms with van der Waals surface area (Å²) >= 11 is 4.69. The lowest BCUT2D eigenvalue weighted by Gasteiger charge is -2.30. The van der Waals surface area contributed by atoms with E-state index >= 15 is 0 Å². The third-order valence-electron chi connectivity index (χ3n) is 3.75. The van der Waals surface area contributed by atoms with Gasteiger partial charge in [-0.25, -0.2) is 4.39 Å². The Balaban J connectivity index is 2.07. The van der Waals surface area contributed by atoms with E-state index in [9.17, 15) is 4.39 Å². The van der Waals surface area contributed by atoms with Crippen LogP contribution in [-0.2, 0) is 6.54 Å². The van der Waals surface area contributed by atoms with Gasteiger partial charge in [0.1, 0.15) is 5.82 Å². The van der Waals surface area contributed by atoms with E-state index < -0.39 is 0 Å². The van der Waals surface area contributed by atoms with Crippen LogP contribution in [0.2, 0.25) is 0 Å². The standard InChI is InChI=1S/C15H21FN4S/c1-11-4-6-20(7-5-11)10-13-8-14(16)3-2-12(13)9-18-19-15(17)21/h2-3,8-9,11H,4-7,10H2,1H3,(H3,17,19,21). The molecular weight excluding hydrogens is 287 g/mol. The number of halogens is 1. The van der Waals surface area contributed by atoms with Crippen LogP contribution < -0.4 is 11.2 Å². The topological polar surface area (TPSA) is 53.6 Å². The minimum atomic E-state index is -0.227. The maximum atomic E-state index is 13.5. The number of rotatable bonds is 4. The number of thiocarbonyl (C=S) groups is 1. The van der Waals surface area contributed by atoms with Gasteiger partial charge in [0.15, 0.2) is 5.11 Å². The summed E-state index contributed by atoms with van der Waals surface area (Å²) in [5.41, 5.74) is 9.64. The second-order valence-corrected chi connectivity index (χ2v) is 5.98. The van der Waals surface area contributed by atoms with Gasteiger partial charge in [-0.2, -0.15) is 5.10 Å². The van der Waals surface area contributed by atoms with Gasteiger partial charge in [0.05, 0.1) is 6.21 Å². The Labute approximate surface area is 130 Å². The van der Waals surface area contributed by atoms with Crippen molar-refractivity contribution in [1.29, 1.82) is 0 Å². The highest BCUT2D eigenvalue weighted by atomic mass is 32.1. The van der Waals surface area contributed by atoms with Gasteiger partial charge in [-0.05, 0) is 67.3 Å². The summed E-state index contributed by atoms with van der Waals surface area (Å²) in [7, 11) is 0. The van der Waals surface area contributed by atoms with E-state index in [1.165, 1.54) is 18.9 Å². The summed E-state index contributed by atoms with van der Waals surface area (Å²) in [6.07, 6.45) is 4.02. The first-order valence-corrected chi connectivity index (χ1v) is 7.54. The molecule has 114 valence electrons.